The molecule has 8 heteroatoms. The molecule has 23 heavy (non-hydrogen) atoms. The van der Waals surface area contributed by atoms with Gasteiger partial charge in [0.25, 0.3) is 0 Å². The Kier molecular flexibility index (Phi) is 3.02. The smallest absolute Gasteiger partial charge is 0.231 e. The van der Waals surface area contributed by atoms with Gasteiger partial charge < -0.3 is 25.0 Å². The largest absolute Gasteiger partial charge is 0.508 e. The number of hydrogen-bond donors (Lipinski definition) is 3. The van der Waals surface area contributed by atoms with E-state index in [-0.39, 0.29) is 18.3 Å². The Morgan fingerprint density at radius 3 is 2.87 bits per heavy atom. The summed E-state index contributed by atoms with van der Waals surface area (Å²) in [6.07, 6.45) is 1.32. The molecule has 0 spiro atoms. The molecule has 2 aromatic carbocycles. The molecular formula is C15H10ClN3O4. The number of phenols is 2. The number of aromatic hydroxyl groups is 2. The Hall–Kier alpha value is -2.93. The Labute approximate surface area is 135 Å². The van der Waals surface area contributed by atoms with E-state index >= 15 is 0 Å². The van der Waals surface area contributed by atoms with E-state index in [1.165, 1.54) is 18.5 Å². The number of ether oxygens (including phenoxy) is 2. The highest BCUT2D eigenvalue weighted by Gasteiger charge is 2.22. The number of aromatic nitrogens is 2. The molecule has 1 aliphatic heterocycles. The van der Waals surface area contributed by atoms with Gasteiger partial charge in [0.1, 0.15) is 29.3 Å². The molecule has 3 N–H and O–H groups in total. The molecule has 4 rings (SSSR count). The lowest BCUT2D eigenvalue weighted by molar-refractivity contribution is 0.174. The van der Waals surface area contributed by atoms with Gasteiger partial charge in [0.15, 0.2) is 11.5 Å². The van der Waals surface area contributed by atoms with E-state index in [1.54, 1.807) is 12.1 Å². The summed E-state index contributed by atoms with van der Waals surface area (Å²) in [5.74, 6) is 1.14. The summed E-state index contributed by atoms with van der Waals surface area (Å²) >= 11 is 6.23. The average molecular weight is 332 g/mol. The van der Waals surface area contributed by atoms with Crippen molar-refractivity contribution >= 4 is 34.0 Å². The minimum Gasteiger partial charge on any atom is -0.508 e. The van der Waals surface area contributed by atoms with Crippen LogP contribution in [0, 0.1) is 0 Å². The second-order valence-electron chi connectivity index (χ2n) is 4.86. The first-order chi connectivity index (χ1) is 11.1. The van der Waals surface area contributed by atoms with E-state index < -0.39 is 0 Å². The maximum absolute atomic E-state index is 10.1. The van der Waals surface area contributed by atoms with Crippen molar-refractivity contribution in [3.63, 3.8) is 0 Å². The summed E-state index contributed by atoms with van der Waals surface area (Å²) in [6, 6.07) is 6.03. The van der Waals surface area contributed by atoms with Crippen LogP contribution in [0.3, 0.4) is 0 Å². The second-order valence-corrected chi connectivity index (χ2v) is 5.27. The maximum Gasteiger partial charge on any atom is 0.231 e. The summed E-state index contributed by atoms with van der Waals surface area (Å²) in [5.41, 5.74) is 0.870. The third-order valence-electron chi connectivity index (χ3n) is 3.43. The maximum atomic E-state index is 10.1. The van der Waals surface area contributed by atoms with Crippen LogP contribution in [0.15, 0.2) is 30.6 Å². The van der Waals surface area contributed by atoms with Gasteiger partial charge in [0, 0.05) is 12.1 Å². The van der Waals surface area contributed by atoms with Crippen LogP contribution in [-0.2, 0) is 0 Å². The summed E-state index contributed by atoms with van der Waals surface area (Å²) < 4.78 is 10.8. The molecule has 7 nitrogen and oxygen atoms in total. The number of phenolic OH excluding ortho intramolecular Hbond substituents is 2. The first-order valence-corrected chi connectivity index (χ1v) is 7.03. The molecule has 116 valence electrons. The molecule has 2 heterocycles. The molecule has 1 aliphatic rings. The zero-order chi connectivity index (χ0) is 16.0. The molecule has 0 saturated heterocycles. The first-order valence-electron chi connectivity index (χ1n) is 6.65. The quantitative estimate of drug-likeness (QED) is 0.663. The highest BCUT2D eigenvalue weighted by atomic mass is 35.5. The number of benzene rings is 2. The number of nitrogens with one attached hydrogen (secondary N) is 1. The van der Waals surface area contributed by atoms with Crippen molar-refractivity contribution in [3.05, 3.63) is 35.6 Å². The van der Waals surface area contributed by atoms with Crippen molar-refractivity contribution in [2.24, 2.45) is 0 Å². The van der Waals surface area contributed by atoms with Crippen molar-refractivity contribution in [2.45, 2.75) is 0 Å². The van der Waals surface area contributed by atoms with E-state index in [9.17, 15) is 10.2 Å². The molecule has 0 unspecified atom stereocenters. The van der Waals surface area contributed by atoms with Crippen molar-refractivity contribution in [1.29, 1.82) is 0 Å². The van der Waals surface area contributed by atoms with Gasteiger partial charge in [-0.3, -0.25) is 0 Å². The third-order valence-corrected chi connectivity index (χ3v) is 3.75. The van der Waals surface area contributed by atoms with Crippen molar-refractivity contribution in [1.82, 2.24) is 9.97 Å². The lowest BCUT2D eigenvalue weighted by Gasteiger charge is -2.13. The van der Waals surface area contributed by atoms with E-state index in [1.807, 2.05) is 0 Å². The van der Waals surface area contributed by atoms with Gasteiger partial charge in [-0.2, -0.15) is 0 Å². The van der Waals surface area contributed by atoms with Gasteiger partial charge in [-0.15, -0.1) is 0 Å². The van der Waals surface area contributed by atoms with Crippen LogP contribution in [0.4, 0.5) is 11.5 Å². The number of rotatable bonds is 2. The van der Waals surface area contributed by atoms with Gasteiger partial charge in [0.05, 0.1) is 15.9 Å². The van der Waals surface area contributed by atoms with E-state index in [2.05, 4.69) is 15.3 Å². The van der Waals surface area contributed by atoms with E-state index in [0.717, 1.165) is 0 Å². The molecule has 1 aromatic heterocycles. The van der Waals surface area contributed by atoms with Crippen LogP contribution >= 0.6 is 11.6 Å². The lowest BCUT2D eigenvalue weighted by atomic mass is 10.2. The van der Waals surface area contributed by atoms with Crippen molar-refractivity contribution in [2.75, 3.05) is 12.1 Å². The molecule has 0 amide bonds. The zero-order valence-electron chi connectivity index (χ0n) is 11.6. The Balaban J connectivity index is 1.88. The van der Waals surface area contributed by atoms with Crippen LogP contribution in [0.25, 0.3) is 10.9 Å². The van der Waals surface area contributed by atoms with Crippen LogP contribution in [0.2, 0.25) is 5.02 Å². The average Bonchev–Trinajstić information content (AvgIpc) is 2.98. The molecule has 0 atom stereocenters. The van der Waals surface area contributed by atoms with Crippen LogP contribution in [-0.4, -0.2) is 27.0 Å². The van der Waals surface area contributed by atoms with Gasteiger partial charge in [-0.1, -0.05) is 11.6 Å². The highest BCUT2D eigenvalue weighted by Crippen LogP contribution is 2.45. The Morgan fingerprint density at radius 2 is 2.00 bits per heavy atom. The topological polar surface area (TPSA) is 96.7 Å². The summed E-state index contributed by atoms with van der Waals surface area (Å²) in [7, 11) is 0. The van der Waals surface area contributed by atoms with Gasteiger partial charge in [0.2, 0.25) is 6.79 Å². The Morgan fingerprint density at radius 1 is 1.13 bits per heavy atom. The van der Waals surface area contributed by atoms with E-state index in [4.69, 9.17) is 21.1 Å². The zero-order valence-corrected chi connectivity index (χ0v) is 12.3. The van der Waals surface area contributed by atoms with Crippen molar-refractivity contribution < 1.29 is 19.7 Å². The monoisotopic (exact) mass is 331 g/mol. The Bertz CT molecular complexity index is 932. The van der Waals surface area contributed by atoms with Crippen LogP contribution < -0.4 is 14.8 Å². The molecular weight excluding hydrogens is 322 g/mol. The van der Waals surface area contributed by atoms with Crippen LogP contribution in [0.5, 0.6) is 23.0 Å². The standard InChI is InChI=1S/C15H10ClN3O4/c16-8-1-2-11-14(23-6-22-11)13(8)19-15-12-9(17-5-18-15)3-7(20)4-10(12)21/h1-5,20-21H,6H2,(H,17,18,19). The van der Waals surface area contributed by atoms with Crippen molar-refractivity contribution in [3.8, 4) is 23.0 Å². The molecule has 0 bridgehead atoms. The highest BCUT2D eigenvalue weighted by molar-refractivity contribution is 6.34. The molecule has 0 saturated carbocycles. The molecule has 3 aromatic rings. The fraction of sp³-hybridized carbons (Fsp3) is 0.0667. The number of halogens is 1. The van der Waals surface area contributed by atoms with Gasteiger partial charge in [-0.25, -0.2) is 9.97 Å². The fourth-order valence-electron chi connectivity index (χ4n) is 2.43. The predicted octanol–water partition coefficient (Wildman–Crippen LogP) is 3.17. The lowest BCUT2D eigenvalue weighted by Crippen LogP contribution is -1.99. The number of anilines is 2. The summed E-state index contributed by atoms with van der Waals surface area (Å²) in [4.78, 5) is 8.18. The van der Waals surface area contributed by atoms with Gasteiger partial charge in [-0.05, 0) is 12.1 Å². The summed E-state index contributed by atoms with van der Waals surface area (Å²) in [6.45, 7) is 0.105. The van der Waals surface area contributed by atoms with Gasteiger partial charge >= 0.3 is 0 Å². The normalized spacial score (nSPS) is 12.6. The fourth-order valence-corrected chi connectivity index (χ4v) is 2.63. The number of hydrogen-bond acceptors (Lipinski definition) is 7. The molecule has 0 fully saturated rings. The predicted molar refractivity (Wildman–Crippen MR) is 83.7 cm³/mol. The summed E-state index contributed by atoms with van der Waals surface area (Å²) in [5, 5.41) is 23.5. The number of fused-ring (bicyclic) bond motifs is 2. The van der Waals surface area contributed by atoms with E-state index in [0.29, 0.717) is 38.9 Å². The third kappa shape index (κ3) is 2.22. The minimum atomic E-state index is -0.149. The first kappa shape index (κ1) is 13.7. The van der Waals surface area contributed by atoms with Crippen LogP contribution in [0.1, 0.15) is 0 Å². The number of nitrogens with zero attached hydrogens (tertiary/aromatic N) is 2. The molecule has 0 aliphatic carbocycles. The minimum absolute atomic E-state index is 0.0879. The molecule has 0 radical (unpaired) electrons. The SMILES string of the molecule is Oc1cc(O)c2c(Nc3c(Cl)ccc4c3OCO4)ncnc2c1. The second kappa shape index (κ2) is 5.06.